The predicted octanol–water partition coefficient (Wildman–Crippen LogP) is 3.56. The Hall–Kier alpha value is -0.970. The average Bonchev–Trinajstić information content (AvgIpc) is 2.90. The zero-order valence-corrected chi connectivity index (χ0v) is 13.6. The number of anilines is 2. The number of hydrogen-bond donors (Lipinski definition) is 2. The van der Waals surface area contributed by atoms with Crippen molar-refractivity contribution in [2.24, 2.45) is 0 Å². The van der Waals surface area contributed by atoms with Crippen molar-refractivity contribution < 1.29 is 0 Å². The third kappa shape index (κ3) is 3.78. The van der Waals surface area contributed by atoms with Gasteiger partial charge in [-0.15, -0.1) is 0 Å². The predicted molar refractivity (Wildman–Crippen MR) is 88.8 cm³/mol. The zero-order chi connectivity index (χ0) is 14.4. The second-order valence-electron chi connectivity index (χ2n) is 5.34. The lowest BCUT2D eigenvalue weighted by Crippen LogP contribution is -2.19. The summed E-state index contributed by atoms with van der Waals surface area (Å²) in [5.41, 5.74) is 1.24. The van der Waals surface area contributed by atoms with E-state index in [9.17, 15) is 0 Å². The Morgan fingerprint density at radius 3 is 2.70 bits per heavy atom. The van der Waals surface area contributed by atoms with Crippen molar-refractivity contribution in [1.82, 2.24) is 9.97 Å². The molecule has 0 aliphatic heterocycles. The molecule has 2 unspecified atom stereocenters. The molecule has 0 amide bonds. The van der Waals surface area contributed by atoms with Crippen molar-refractivity contribution in [3.63, 3.8) is 0 Å². The van der Waals surface area contributed by atoms with Crippen LogP contribution in [0.15, 0.2) is 6.33 Å². The van der Waals surface area contributed by atoms with E-state index in [2.05, 4.69) is 40.7 Å². The summed E-state index contributed by atoms with van der Waals surface area (Å²) in [6.45, 7) is 5.20. The highest BCUT2D eigenvalue weighted by Gasteiger charge is 2.25. The van der Waals surface area contributed by atoms with Crippen LogP contribution >= 0.6 is 11.8 Å². The van der Waals surface area contributed by atoms with Crippen LogP contribution in [0.3, 0.4) is 0 Å². The highest BCUT2D eigenvalue weighted by atomic mass is 32.2. The fourth-order valence-electron chi connectivity index (χ4n) is 2.82. The van der Waals surface area contributed by atoms with Gasteiger partial charge in [0.05, 0.1) is 0 Å². The van der Waals surface area contributed by atoms with Crippen molar-refractivity contribution in [2.45, 2.75) is 57.2 Å². The monoisotopic (exact) mass is 294 g/mol. The molecule has 0 bridgehead atoms. The second kappa shape index (κ2) is 7.72. The van der Waals surface area contributed by atoms with Crippen LogP contribution in [0.2, 0.25) is 0 Å². The Kier molecular flexibility index (Phi) is 5.95. The van der Waals surface area contributed by atoms with E-state index in [-0.39, 0.29) is 0 Å². The first-order valence-corrected chi connectivity index (χ1v) is 8.94. The number of hydrogen-bond acceptors (Lipinski definition) is 5. The number of nitrogens with zero attached hydrogens (tertiary/aromatic N) is 2. The molecule has 1 aliphatic carbocycles. The molecule has 1 aromatic rings. The Bertz CT molecular complexity index is 424. The molecule has 1 heterocycles. The van der Waals surface area contributed by atoms with E-state index in [4.69, 9.17) is 0 Å². The van der Waals surface area contributed by atoms with Crippen LogP contribution in [-0.4, -0.2) is 34.1 Å². The molecule has 5 heteroatoms. The van der Waals surface area contributed by atoms with E-state index in [1.807, 2.05) is 11.8 Å². The Morgan fingerprint density at radius 1 is 1.25 bits per heavy atom. The maximum Gasteiger partial charge on any atom is 0.134 e. The fraction of sp³-hybridized carbons (Fsp3) is 0.733. The van der Waals surface area contributed by atoms with Gasteiger partial charge >= 0.3 is 0 Å². The van der Waals surface area contributed by atoms with Crippen molar-refractivity contribution in [2.75, 3.05) is 23.4 Å². The van der Waals surface area contributed by atoms with E-state index in [1.165, 1.54) is 24.8 Å². The summed E-state index contributed by atoms with van der Waals surface area (Å²) in [5, 5.41) is 7.81. The minimum absolute atomic E-state index is 0.562. The molecule has 0 spiro atoms. The lowest BCUT2D eigenvalue weighted by molar-refractivity contribution is 0.746. The largest absolute Gasteiger partial charge is 0.370 e. The molecule has 1 fully saturated rings. The smallest absolute Gasteiger partial charge is 0.134 e. The van der Waals surface area contributed by atoms with Gasteiger partial charge in [-0.2, -0.15) is 11.8 Å². The van der Waals surface area contributed by atoms with Gasteiger partial charge in [0, 0.05) is 23.4 Å². The quantitative estimate of drug-likeness (QED) is 0.805. The van der Waals surface area contributed by atoms with Crippen molar-refractivity contribution in [3.8, 4) is 0 Å². The maximum absolute atomic E-state index is 4.49. The molecular weight excluding hydrogens is 268 g/mol. The van der Waals surface area contributed by atoms with Crippen molar-refractivity contribution >= 4 is 23.4 Å². The molecule has 0 saturated heterocycles. The lowest BCUT2D eigenvalue weighted by atomic mass is 10.1. The van der Waals surface area contributed by atoms with Gasteiger partial charge in [0.15, 0.2) is 0 Å². The average molecular weight is 294 g/mol. The molecule has 1 aromatic heterocycles. The zero-order valence-electron chi connectivity index (χ0n) is 12.8. The number of thioether (sulfide) groups is 1. The fourth-order valence-corrected chi connectivity index (χ4v) is 3.62. The first-order chi connectivity index (χ1) is 9.78. The molecule has 4 nitrogen and oxygen atoms in total. The molecule has 20 heavy (non-hydrogen) atoms. The summed E-state index contributed by atoms with van der Waals surface area (Å²) in [5.74, 6) is 2.02. The van der Waals surface area contributed by atoms with Gasteiger partial charge in [-0.3, -0.25) is 0 Å². The van der Waals surface area contributed by atoms with Gasteiger partial charge in [-0.1, -0.05) is 13.3 Å². The summed E-state index contributed by atoms with van der Waals surface area (Å²) >= 11 is 1.99. The van der Waals surface area contributed by atoms with E-state index in [1.54, 1.807) is 6.33 Å². The van der Waals surface area contributed by atoms with Gasteiger partial charge in [-0.25, -0.2) is 9.97 Å². The Morgan fingerprint density at radius 2 is 2.05 bits per heavy atom. The van der Waals surface area contributed by atoms with Gasteiger partial charge < -0.3 is 10.6 Å². The topological polar surface area (TPSA) is 49.8 Å². The lowest BCUT2D eigenvalue weighted by Gasteiger charge is -2.18. The second-order valence-corrected chi connectivity index (χ2v) is 6.48. The normalized spacial score (nSPS) is 21.9. The number of aromatic nitrogens is 2. The number of nitrogens with one attached hydrogen (secondary N) is 2. The molecule has 2 rings (SSSR count). The Labute approximate surface area is 126 Å². The minimum atomic E-state index is 0.562. The minimum Gasteiger partial charge on any atom is -0.370 e. The summed E-state index contributed by atoms with van der Waals surface area (Å²) in [4.78, 5) is 8.87. The van der Waals surface area contributed by atoms with Gasteiger partial charge in [0.2, 0.25) is 0 Å². The van der Waals surface area contributed by atoms with Gasteiger partial charge in [0.1, 0.15) is 18.0 Å². The first-order valence-electron chi connectivity index (χ1n) is 7.65. The molecule has 112 valence electrons. The molecular formula is C15H26N4S. The van der Waals surface area contributed by atoms with Crippen LogP contribution in [0.25, 0.3) is 0 Å². The van der Waals surface area contributed by atoms with Crippen LogP contribution in [0.5, 0.6) is 0 Å². The van der Waals surface area contributed by atoms with E-state index in [0.717, 1.165) is 36.3 Å². The molecule has 2 N–H and O–H groups in total. The van der Waals surface area contributed by atoms with Crippen LogP contribution in [-0.2, 0) is 6.42 Å². The summed E-state index contributed by atoms with van der Waals surface area (Å²) < 4.78 is 0. The third-order valence-corrected chi connectivity index (χ3v) is 4.94. The van der Waals surface area contributed by atoms with Gasteiger partial charge in [-0.05, 0) is 38.9 Å². The summed E-state index contributed by atoms with van der Waals surface area (Å²) in [6.07, 6.45) is 9.81. The van der Waals surface area contributed by atoms with Crippen LogP contribution < -0.4 is 10.6 Å². The molecule has 1 aliphatic rings. The molecule has 2 atom stereocenters. The van der Waals surface area contributed by atoms with Crippen LogP contribution in [0.1, 0.15) is 45.1 Å². The SMILES string of the molecule is CCCc1c(NCC)ncnc1NC1CCC(SC)C1. The summed E-state index contributed by atoms with van der Waals surface area (Å²) in [6, 6.07) is 0.562. The molecule has 0 radical (unpaired) electrons. The van der Waals surface area contributed by atoms with Gasteiger partial charge in [0.25, 0.3) is 0 Å². The maximum atomic E-state index is 4.49. The first kappa shape index (κ1) is 15.4. The van der Waals surface area contributed by atoms with E-state index in [0.29, 0.717) is 6.04 Å². The van der Waals surface area contributed by atoms with Crippen molar-refractivity contribution in [1.29, 1.82) is 0 Å². The summed E-state index contributed by atoms with van der Waals surface area (Å²) in [7, 11) is 0. The highest BCUT2D eigenvalue weighted by Crippen LogP contribution is 2.31. The molecule has 0 aromatic carbocycles. The standard InChI is InChI=1S/C15H26N4S/c1-4-6-13-14(16-5-2)17-10-18-15(13)19-11-7-8-12(9-11)20-3/h10-12H,4-9H2,1-3H3,(H2,16,17,18,19). The third-order valence-electron chi connectivity index (χ3n) is 3.85. The van der Waals surface area contributed by atoms with Crippen LogP contribution in [0.4, 0.5) is 11.6 Å². The van der Waals surface area contributed by atoms with Crippen LogP contribution in [0, 0.1) is 0 Å². The highest BCUT2D eigenvalue weighted by molar-refractivity contribution is 7.99. The van der Waals surface area contributed by atoms with E-state index >= 15 is 0 Å². The molecule has 1 saturated carbocycles. The number of rotatable bonds is 7. The van der Waals surface area contributed by atoms with Crippen molar-refractivity contribution in [3.05, 3.63) is 11.9 Å². The van der Waals surface area contributed by atoms with E-state index < -0.39 is 0 Å². The Balaban J connectivity index is 2.11.